The van der Waals surface area contributed by atoms with Crippen LogP contribution < -0.4 is 10.6 Å². The first-order valence-corrected chi connectivity index (χ1v) is 7.52. The minimum absolute atomic E-state index is 0.0779. The van der Waals surface area contributed by atoms with E-state index in [4.69, 9.17) is 16.6 Å². The lowest BCUT2D eigenvalue weighted by Crippen LogP contribution is -2.21. The van der Waals surface area contributed by atoms with Gasteiger partial charge in [-0.15, -0.1) is 0 Å². The number of nitrogens with one attached hydrogen (secondary N) is 2. The minimum atomic E-state index is -0.481. The van der Waals surface area contributed by atoms with Crippen LogP contribution in [0.25, 0.3) is 17.4 Å². The molecule has 2 heterocycles. The maximum absolute atomic E-state index is 11.6. The maximum Gasteiger partial charge on any atom is 0.281 e. The minimum Gasteiger partial charge on any atom is -0.456 e. The molecule has 0 radical (unpaired) electrons. The Bertz CT molecular complexity index is 875. The first kappa shape index (κ1) is 15.4. The van der Waals surface area contributed by atoms with Crippen molar-refractivity contribution < 1.29 is 14.1 Å². The van der Waals surface area contributed by atoms with Crippen molar-refractivity contribution in [2.24, 2.45) is 0 Å². The number of nitro groups is 1. The molecule has 2 N–H and O–H groups in total. The first-order chi connectivity index (χ1) is 10.9. The van der Waals surface area contributed by atoms with E-state index in [1.807, 2.05) is 0 Å². The average Bonchev–Trinajstić information content (AvgIpc) is 3.06. The Morgan fingerprint density at radius 1 is 1.26 bits per heavy atom. The van der Waals surface area contributed by atoms with E-state index in [0.29, 0.717) is 21.6 Å². The molecule has 0 spiro atoms. The Morgan fingerprint density at radius 3 is 2.70 bits per heavy atom. The van der Waals surface area contributed by atoms with Gasteiger partial charge in [0.05, 0.1) is 10.5 Å². The molecule has 7 nitrogen and oxygen atoms in total. The smallest absolute Gasteiger partial charge is 0.281 e. The van der Waals surface area contributed by atoms with Crippen molar-refractivity contribution in [3.63, 3.8) is 0 Å². The van der Waals surface area contributed by atoms with Crippen molar-refractivity contribution >= 4 is 50.9 Å². The van der Waals surface area contributed by atoms with Gasteiger partial charge in [-0.3, -0.25) is 20.2 Å². The van der Waals surface area contributed by atoms with Gasteiger partial charge in [0.15, 0.2) is 5.11 Å². The lowest BCUT2D eigenvalue weighted by atomic mass is 10.1. The molecule has 1 aromatic heterocycles. The molecule has 1 aromatic carbocycles. The topological polar surface area (TPSA) is 97.4 Å². The van der Waals surface area contributed by atoms with Crippen LogP contribution in [0.1, 0.15) is 5.76 Å². The summed E-state index contributed by atoms with van der Waals surface area (Å²) in [6.07, 6.45) is 1.48. The zero-order valence-corrected chi connectivity index (χ0v) is 13.7. The zero-order valence-electron chi connectivity index (χ0n) is 11.3. The molecule has 1 amide bonds. The molecule has 1 fully saturated rings. The molecule has 1 saturated heterocycles. The van der Waals surface area contributed by atoms with Crippen LogP contribution in [0.4, 0.5) is 5.69 Å². The van der Waals surface area contributed by atoms with Gasteiger partial charge in [-0.05, 0) is 36.5 Å². The van der Waals surface area contributed by atoms with E-state index >= 15 is 0 Å². The van der Waals surface area contributed by atoms with Crippen molar-refractivity contribution in [1.82, 2.24) is 10.6 Å². The van der Waals surface area contributed by atoms with Crippen molar-refractivity contribution in [3.8, 4) is 11.3 Å². The molecule has 0 unspecified atom stereocenters. The highest BCUT2D eigenvalue weighted by molar-refractivity contribution is 9.10. The summed E-state index contributed by atoms with van der Waals surface area (Å²) in [6.45, 7) is 0. The Balaban J connectivity index is 1.97. The Kier molecular flexibility index (Phi) is 3.97. The van der Waals surface area contributed by atoms with Crippen LogP contribution in [0, 0.1) is 10.1 Å². The van der Waals surface area contributed by atoms with Crippen molar-refractivity contribution in [2.75, 3.05) is 0 Å². The molecule has 3 rings (SSSR count). The third-order valence-corrected chi connectivity index (χ3v) is 3.75. The lowest BCUT2D eigenvalue weighted by Gasteiger charge is -2.00. The third kappa shape index (κ3) is 3.15. The SMILES string of the molecule is O=C1NC(=S)N/C1=C/c1ccc(-c2ccc(Br)cc2[N+](=O)[O-])o1. The highest BCUT2D eigenvalue weighted by Crippen LogP contribution is 2.33. The Hall–Kier alpha value is -2.52. The molecule has 0 saturated carbocycles. The molecule has 1 aliphatic heterocycles. The monoisotopic (exact) mass is 393 g/mol. The van der Waals surface area contributed by atoms with E-state index in [1.165, 1.54) is 12.1 Å². The normalized spacial score (nSPS) is 15.6. The summed E-state index contributed by atoms with van der Waals surface area (Å²) >= 11 is 8.04. The molecule has 1 aliphatic rings. The lowest BCUT2D eigenvalue weighted by molar-refractivity contribution is -0.384. The second kappa shape index (κ2) is 5.94. The molecule has 23 heavy (non-hydrogen) atoms. The van der Waals surface area contributed by atoms with Gasteiger partial charge in [-0.2, -0.15) is 0 Å². The number of furan rings is 1. The summed E-state index contributed by atoms with van der Waals surface area (Å²) in [6, 6.07) is 7.90. The van der Waals surface area contributed by atoms with Crippen LogP contribution >= 0.6 is 28.1 Å². The van der Waals surface area contributed by atoms with Gasteiger partial charge in [0, 0.05) is 16.6 Å². The van der Waals surface area contributed by atoms with Crippen LogP contribution in [0.5, 0.6) is 0 Å². The number of hydrogen-bond donors (Lipinski definition) is 2. The fourth-order valence-corrected chi connectivity index (χ4v) is 2.62. The molecule has 0 aliphatic carbocycles. The van der Waals surface area contributed by atoms with E-state index in [1.54, 1.807) is 24.3 Å². The van der Waals surface area contributed by atoms with Crippen LogP contribution in [0.15, 0.2) is 44.9 Å². The van der Waals surface area contributed by atoms with Gasteiger partial charge in [-0.25, -0.2) is 0 Å². The molecular formula is C14H8BrN3O4S. The summed E-state index contributed by atoms with van der Waals surface area (Å²) in [5.41, 5.74) is 0.522. The van der Waals surface area contributed by atoms with Gasteiger partial charge in [0.1, 0.15) is 17.2 Å². The number of rotatable bonds is 3. The maximum atomic E-state index is 11.6. The summed E-state index contributed by atoms with van der Waals surface area (Å²) in [4.78, 5) is 22.3. The molecular weight excluding hydrogens is 386 g/mol. The first-order valence-electron chi connectivity index (χ1n) is 6.32. The molecule has 0 atom stereocenters. The highest BCUT2D eigenvalue weighted by atomic mass is 79.9. The quantitative estimate of drug-likeness (QED) is 0.360. The number of carbonyl (C=O) groups excluding carboxylic acids is 1. The fraction of sp³-hybridized carbons (Fsp3) is 0. The van der Waals surface area contributed by atoms with Crippen molar-refractivity contribution in [3.05, 3.63) is 56.4 Å². The van der Waals surface area contributed by atoms with Crippen LogP contribution in [-0.2, 0) is 4.79 Å². The van der Waals surface area contributed by atoms with Crippen molar-refractivity contribution in [2.45, 2.75) is 0 Å². The van der Waals surface area contributed by atoms with Crippen LogP contribution in [-0.4, -0.2) is 15.9 Å². The summed E-state index contributed by atoms with van der Waals surface area (Å²) in [5, 5.41) is 16.5. The van der Waals surface area contributed by atoms with E-state index < -0.39 is 4.92 Å². The number of nitrogens with zero attached hydrogens (tertiary/aromatic N) is 1. The predicted octanol–water partition coefficient (Wildman–Crippen LogP) is 2.96. The molecule has 116 valence electrons. The molecule has 9 heteroatoms. The van der Waals surface area contributed by atoms with E-state index in [2.05, 4.69) is 26.6 Å². The number of amides is 1. The van der Waals surface area contributed by atoms with Gasteiger partial charge in [0.25, 0.3) is 11.6 Å². The summed E-state index contributed by atoms with van der Waals surface area (Å²) in [5.74, 6) is 0.346. The second-order valence-electron chi connectivity index (χ2n) is 4.59. The number of carbonyl (C=O) groups is 1. The Morgan fingerprint density at radius 2 is 2.04 bits per heavy atom. The number of nitro benzene ring substituents is 1. The van der Waals surface area contributed by atoms with Crippen molar-refractivity contribution in [1.29, 1.82) is 0 Å². The van der Waals surface area contributed by atoms with Crippen LogP contribution in [0.2, 0.25) is 0 Å². The molecule has 2 aromatic rings. The number of benzene rings is 1. The standard InChI is InChI=1S/C14H8BrN3O4S/c15-7-1-3-9(11(5-7)18(20)21)12-4-2-8(22-12)6-10-13(19)17-14(23)16-10/h1-6H,(H2,16,17,19,23)/b10-6+. The summed E-state index contributed by atoms with van der Waals surface area (Å²) in [7, 11) is 0. The summed E-state index contributed by atoms with van der Waals surface area (Å²) < 4.78 is 6.19. The second-order valence-corrected chi connectivity index (χ2v) is 5.91. The fourth-order valence-electron chi connectivity index (χ4n) is 2.06. The largest absolute Gasteiger partial charge is 0.456 e. The van der Waals surface area contributed by atoms with Gasteiger partial charge >= 0.3 is 0 Å². The molecule has 0 bridgehead atoms. The zero-order chi connectivity index (χ0) is 16.6. The number of halogens is 1. The predicted molar refractivity (Wildman–Crippen MR) is 90.4 cm³/mol. The third-order valence-electron chi connectivity index (χ3n) is 3.06. The van der Waals surface area contributed by atoms with E-state index in [0.717, 1.165) is 0 Å². The van der Waals surface area contributed by atoms with Gasteiger partial charge in [0.2, 0.25) is 0 Å². The average molecular weight is 394 g/mol. The van der Waals surface area contributed by atoms with E-state index in [-0.39, 0.29) is 22.4 Å². The van der Waals surface area contributed by atoms with Gasteiger partial charge in [-0.1, -0.05) is 15.9 Å². The number of thiocarbonyl (C=S) groups is 1. The van der Waals surface area contributed by atoms with Gasteiger partial charge < -0.3 is 9.73 Å². The van der Waals surface area contributed by atoms with Crippen LogP contribution in [0.3, 0.4) is 0 Å². The van der Waals surface area contributed by atoms with E-state index in [9.17, 15) is 14.9 Å². The number of hydrogen-bond acceptors (Lipinski definition) is 5. The Labute approximate surface area is 143 Å². The highest BCUT2D eigenvalue weighted by Gasteiger charge is 2.22.